The molecule has 0 aromatic carbocycles. The summed E-state index contributed by atoms with van der Waals surface area (Å²) in [6.45, 7) is 5.73. The topological polar surface area (TPSA) is 81.3 Å². The van der Waals surface area contributed by atoms with E-state index >= 15 is 0 Å². The van der Waals surface area contributed by atoms with Gasteiger partial charge in [-0.1, -0.05) is 0 Å². The molecular weight excluding hydrogens is 316 g/mol. The molecule has 130 valence electrons. The van der Waals surface area contributed by atoms with Crippen LogP contribution in [0.2, 0.25) is 0 Å². The van der Waals surface area contributed by atoms with Crippen molar-refractivity contribution in [1.82, 2.24) is 9.97 Å². The lowest BCUT2D eigenvalue weighted by atomic mass is 9.78. The van der Waals surface area contributed by atoms with E-state index < -0.39 is 0 Å². The van der Waals surface area contributed by atoms with Crippen LogP contribution in [0.3, 0.4) is 0 Å². The van der Waals surface area contributed by atoms with Crippen LogP contribution in [0.5, 0.6) is 0 Å². The number of fused-ring (bicyclic) bond motifs is 3. The summed E-state index contributed by atoms with van der Waals surface area (Å²) in [5, 5.41) is 0. The molecule has 2 aromatic rings. The zero-order chi connectivity index (χ0) is 17.6. The van der Waals surface area contributed by atoms with E-state index in [1.54, 1.807) is 11.1 Å². The molecule has 25 heavy (non-hydrogen) atoms. The number of hydrogen-bond acceptors (Lipinski definition) is 5. The Morgan fingerprint density at radius 1 is 1.28 bits per heavy atom. The van der Waals surface area contributed by atoms with Crippen molar-refractivity contribution >= 4 is 17.4 Å². The van der Waals surface area contributed by atoms with Crippen LogP contribution in [0.15, 0.2) is 24.5 Å². The summed E-state index contributed by atoms with van der Waals surface area (Å²) < 4.78 is 5.57. The van der Waals surface area contributed by atoms with E-state index in [2.05, 4.69) is 16.0 Å². The summed E-state index contributed by atoms with van der Waals surface area (Å²) in [4.78, 5) is 23.6. The first-order valence-corrected chi connectivity index (χ1v) is 8.71. The fourth-order valence-electron chi connectivity index (χ4n) is 3.93. The van der Waals surface area contributed by atoms with Gasteiger partial charge in [0.1, 0.15) is 5.82 Å². The maximum absolute atomic E-state index is 12.8. The number of anilines is 2. The summed E-state index contributed by atoms with van der Waals surface area (Å²) >= 11 is 0. The third-order valence-electron chi connectivity index (χ3n) is 5.23. The van der Waals surface area contributed by atoms with Crippen LogP contribution in [0.25, 0.3) is 11.1 Å². The van der Waals surface area contributed by atoms with Crippen molar-refractivity contribution in [2.24, 2.45) is 5.92 Å². The first kappa shape index (κ1) is 16.0. The smallest absolute Gasteiger partial charge is 0.234 e. The van der Waals surface area contributed by atoms with E-state index in [9.17, 15) is 4.79 Å². The molecule has 0 spiro atoms. The molecule has 2 N–H and O–H groups in total. The molecule has 0 radical (unpaired) electrons. The van der Waals surface area contributed by atoms with Crippen molar-refractivity contribution in [3.05, 3.63) is 35.8 Å². The molecule has 0 saturated carbocycles. The van der Waals surface area contributed by atoms with Gasteiger partial charge in [-0.25, -0.2) is 4.98 Å². The number of nitrogens with two attached hydrogens (primary N) is 1. The number of nitrogen functional groups attached to an aromatic ring is 1. The number of aromatic nitrogens is 2. The third-order valence-corrected chi connectivity index (χ3v) is 5.23. The van der Waals surface area contributed by atoms with Crippen molar-refractivity contribution in [3.8, 4) is 11.1 Å². The highest BCUT2D eigenvalue weighted by molar-refractivity contribution is 5.98. The minimum atomic E-state index is -0.113. The number of pyridine rings is 2. The lowest BCUT2D eigenvalue weighted by molar-refractivity contribution is -0.128. The maximum atomic E-state index is 12.8. The molecule has 1 amide bonds. The van der Waals surface area contributed by atoms with Gasteiger partial charge in [-0.3, -0.25) is 14.7 Å². The highest BCUT2D eigenvalue weighted by Crippen LogP contribution is 2.43. The van der Waals surface area contributed by atoms with Crippen molar-refractivity contribution in [2.75, 3.05) is 30.4 Å². The largest absolute Gasteiger partial charge is 0.397 e. The Hall–Kier alpha value is -2.47. The summed E-state index contributed by atoms with van der Waals surface area (Å²) in [7, 11) is 0. The van der Waals surface area contributed by atoms with Gasteiger partial charge in [0, 0.05) is 42.1 Å². The van der Waals surface area contributed by atoms with Crippen LogP contribution in [0.1, 0.15) is 30.5 Å². The van der Waals surface area contributed by atoms with Gasteiger partial charge < -0.3 is 10.5 Å². The highest BCUT2D eigenvalue weighted by atomic mass is 16.5. The number of carbonyl (C=O) groups excluding carboxylic acids is 1. The molecule has 1 fully saturated rings. The van der Waals surface area contributed by atoms with E-state index in [1.165, 1.54) is 0 Å². The van der Waals surface area contributed by atoms with Gasteiger partial charge in [0.15, 0.2) is 0 Å². The van der Waals surface area contributed by atoms with E-state index in [4.69, 9.17) is 10.5 Å². The van der Waals surface area contributed by atoms with Gasteiger partial charge >= 0.3 is 0 Å². The Bertz CT molecular complexity index is 836. The molecule has 0 unspecified atom stereocenters. The van der Waals surface area contributed by atoms with Crippen molar-refractivity contribution in [1.29, 1.82) is 0 Å². The molecule has 4 heterocycles. The zero-order valence-corrected chi connectivity index (χ0v) is 14.5. The third kappa shape index (κ3) is 2.57. The van der Waals surface area contributed by atoms with Crippen LogP contribution in [-0.4, -0.2) is 35.6 Å². The predicted molar refractivity (Wildman–Crippen MR) is 96.3 cm³/mol. The molecular formula is C19H22N4O2. The quantitative estimate of drug-likeness (QED) is 0.910. The Morgan fingerprint density at radius 2 is 2.12 bits per heavy atom. The van der Waals surface area contributed by atoms with Crippen molar-refractivity contribution in [3.63, 3.8) is 0 Å². The van der Waals surface area contributed by atoms with Crippen molar-refractivity contribution < 1.29 is 9.53 Å². The van der Waals surface area contributed by atoms with Gasteiger partial charge in [-0.2, -0.15) is 0 Å². The Morgan fingerprint density at radius 3 is 2.92 bits per heavy atom. The maximum Gasteiger partial charge on any atom is 0.234 e. The Kier molecular flexibility index (Phi) is 3.92. The second kappa shape index (κ2) is 6.11. The van der Waals surface area contributed by atoms with E-state index in [1.807, 2.05) is 26.1 Å². The lowest BCUT2D eigenvalue weighted by Gasteiger charge is -2.40. The molecule has 2 atom stereocenters. The van der Waals surface area contributed by atoms with E-state index in [-0.39, 0.29) is 17.7 Å². The fourth-order valence-corrected chi connectivity index (χ4v) is 3.93. The summed E-state index contributed by atoms with van der Waals surface area (Å²) in [5.41, 5.74) is 10.6. The number of nitrogens with zero attached hydrogens (tertiary/aromatic N) is 3. The standard InChI is InChI=1S/C19H22N4O2/c1-3-23-18-16(14-4-5-25-10-17(14)19(23)24)6-12(8-22-18)15-7-13(20)9-21-11(15)2/h6-9,14,17H,3-5,10,20H2,1-2H3/t14-,17+/m0/s1. The average molecular weight is 338 g/mol. The van der Waals surface area contributed by atoms with Crippen LogP contribution in [0.4, 0.5) is 11.5 Å². The number of aryl methyl sites for hydroxylation is 1. The molecule has 2 aliphatic heterocycles. The summed E-state index contributed by atoms with van der Waals surface area (Å²) in [6.07, 6.45) is 4.33. The van der Waals surface area contributed by atoms with Crippen LogP contribution in [-0.2, 0) is 9.53 Å². The van der Waals surface area contributed by atoms with Crippen molar-refractivity contribution in [2.45, 2.75) is 26.2 Å². The lowest BCUT2D eigenvalue weighted by Crippen LogP contribution is -2.47. The molecule has 6 heteroatoms. The SMILES string of the molecule is CCN1C(=O)[C@@H]2COCC[C@H]2c2cc(-c3cc(N)cnc3C)cnc21. The molecule has 0 aliphatic carbocycles. The second-order valence-electron chi connectivity index (χ2n) is 6.70. The minimum absolute atomic E-state index is 0.113. The van der Waals surface area contributed by atoms with Gasteiger partial charge in [-0.05, 0) is 38.0 Å². The molecule has 1 saturated heterocycles. The first-order chi connectivity index (χ1) is 12.1. The number of amides is 1. The van der Waals surface area contributed by atoms with Gasteiger partial charge in [0.05, 0.1) is 24.4 Å². The molecule has 2 aromatic heterocycles. The average Bonchev–Trinajstić information content (AvgIpc) is 2.64. The summed E-state index contributed by atoms with van der Waals surface area (Å²) in [6, 6.07) is 4.09. The molecule has 6 nitrogen and oxygen atoms in total. The van der Waals surface area contributed by atoms with Crippen LogP contribution >= 0.6 is 0 Å². The highest BCUT2D eigenvalue weighted by Gasteiger charge is 2.42. The number of hydrogen-bond donors (Lipinski definition) is 1. The fraction of sp³-hybridized carbons (Fsp3) is 0.421. The van der Waals surface area contributed by atoms with Crippen LogP contribution in [0, 0.1) is 12.8 Å². The minimum Gasteiger partial charge on any atom is -0.397 e. The Labute approximate surface area is 147 Å². The molecule has 2 aliphatic rings. The molecule has 4 rings (SSSR count). The number of ether oxygens (including phenoxy) is 1. The van der Waals surface area contributed by atoms with Gasteiger partial charge in [0.2, 0.25) is 5.91 Å². The van der Waals surface area contributed by atoms with Gasteiger partial charge in [0.25, 0.3) is 0 Å². The first-order valence-electron chi connectivity index (χ1n) is 8.71. The normalized spacial score (nSPS) is 22.5. The predicted octanol–water partition coefficient (Wildman–Crippen LogP) is 2.52. The zero-order valence-electron chi connectivity index (χ0n) is 14.5. The number of rotatable bonds is 2. The summed E-state index contributed by atoms with van der Waals surface area (Å²) in [5.74, 6) is 0.967. The van der Waals surface area contributed by atoms with Gasteiger partial charge in [-0.15, -0.1) is 0 Å². The second-order valence-corrected chi connectivity index (χ2v) is 6.70. The Balaban J connectivity index is 1.86. The van der Waals surface area contributed by atoms with E-state index in [0.717, 1.165) is 34.6 Å². The monoisotopic (exact) mass is 338 g/mol. The number of carbonyl (C=O) groups is 1. The van der Waals surface area contributed by atoms with Crippen LogP contribution < -0.4 is 10.6 Å². The molecule has 0 bridgehead atoms. The van der Waals surface area contributed by atoms with E-state index in [0.29, 0.717) is 25.4 Å².